The molecule has 1 aromatic rings. The van der Waals surface area contributed by atoms with E-state index in [-0.39, 0.29) is 12.0 Å². The summed E-state index contributed by atoms with van der Waals surface area (Å²) < 4.78 is 34.9. The Bertz CT molecular complexity index is 421. The summed E-state index contributed by atoms with van der Waals surface area (Å²) in [5.74, 6) is -0.224. The summed E-state index contributed by atoms with van der Waals surface area (Å²) in [4.78, 5) is 14.8. The number of methoxy groups -OCH3 is 2. The molecular formula is C11H13F2NO3. The molecule has 0 fully saturated rings. The molecule has 0 N–H and O–H groups in total. The molecule has 1 heterocycles. The second-order valence-electron chi connectivity index (χ2n) is 3.37. The van der Waals surface area contributed by atoms with Gasteiger partial charge in [0.05, 0.1) is 26.8 Å². The van der Waals surface area contributed by atoms with Crippen molar-refractivity contribution in [2.75, 3.05) is 14.2 Å². The zero-order valence-corrected chi connectivity index (χ0v) is 9.79. The Morgan fingerprint density at radius 1 is 1.47 bits per heavy atom. The molecule has 0 atom stereocenters. The number of hydrogen-bond donors (Lipinski definition) is 0. The highest BCUT2D eigenvalue weighted by atomic mass is 19.3. The first-order valence-electron chi connectivity index (χ1n) is 4.88. The zero-order chi connectivity index (χ0) is 13.0. The van der Waals surface area contributed by atoms with E-state index >= 15 is 0 Å². The molecule has 0 aliphatic carbocycles. The van der Waals surface area contributed by atoms with Crippen LogP contribution in [0, 0.1) is 6.92 Å². The molecule has 0 saturated heterocycles. The number of alkyl halides is 2. The first-order valence-corrected chi connectivity index (χ1v) is 4.88. The Morgan fingerprint density at radius 2 is 2.12 bits per heavy atom. The van der Waals surface area contributed by atoms with E-state index in [1.54, 1.807) is 6.92 Å². The lowest BCUT2D eigenvalue weighted by molar-refractivity contribution is -0.139. The van der Waals surface area contributed by atoms with Crippen LogP contribution in [0.2, 0.25) is 0 Å². The fraction of sp³-hybridized carbons (Fsp3) is 0.455. The number of nitrogens with zero attached hydrogens (tertiary/aromatic N) is 1. The Balaban J connectivity index is 3.24. The number of carbonyl (C=O) groups excluding carboxylic acids is 1. The lowest BCUT2D eigenvalue weighted by Crippen LogP contribution is -2.11. The Labute approximate surface area is 97.6 Å². The smallest absolute Gasteiger partial charge is 0.310 e. The van der Waals surface area contributed by atoms with E-state index in [0.717, 1.165) is 0 Å². The maximum absolute atomic E-state index is 12.7. The number of esters is 1. The van der Waals surface area contributed by atoms with Crippen LogP contribution in [0.3, 0.4) is 0 Å². The lowest BCUT2D eigenvalue weighted by atomic mass is 10.0. The number of halogens is 2. The van der Waals surface area contributed by atoms with Crippen LogP contribution in [-0.4, -0.2) is 25.2 Å². The lowest BCUT2D eigenvalue weighted by Gasteiger charge is -2.13. The van der Waals surface area contributed by atoms with Crippen LogP contribution in [-0.2, 0) is 16.0 Å². The molecule has 0 aromatic carbocycles. The number of carbonyl (C=O) groups is 1. The molecule has 0 radical (unpaired) electrons. The Kier molecular flexibility index (Phi) is 4.37. The molecule has 17 heavy (non-hydrogen) atoms. The van der Waals surface area contributed by atoms with Gasteiger partial charge in [-0.1, -0.05) is 0 Å². The van der Waals surface area contributed by atoms with Gasteiger partial charge in [-0.15, -0.1) is 0 Å². The summed E-state index contributed by atoms with van der Waals surface area (Å²) in [5, 5.41) is 0. The second-order valence-corrected chi connectivity index (χ2v) is 3.37. The summed E-state index contributed by atoms with van der Waals surface area (Å²) in [6, 6.07) is 0. The normalized spacial score (nSPS) is 10.5. The summed E-state index contributed by atoms with van der Waals surface area (Å²) >= 11 is 0. The maximum atomic E-state index is 12.7. The van der Waals surface area contributed by atoms with Gasteiger partial charge in [0.15, 0.2) is 0 Å². The molecule has 6 heteroatoms. The number of hydrogen-bond acceptors (Lipinski definition) is 4. The van der Waals surface area contributed by atoms with Crippen LogP contribution in [0.15, 0.2) is 6.20 Å². The molecule has 1 aromatic heterocycles. The van der Waals surface area contributed by atoms with E-state index in [4.69, 9.17) is 4.74 Å². The number of aromatic nitrogens is 1. The van der Waals surface area contributed by atoms with E-state index in [1.165, 1.54) is 20.4 Å². The SMILES string of the molecule is COC(=O)Cc1c(C(F)F)ncc(OC)c1C. The fourth-order valence-corrected chi connectivity index (χ4v) is 1.48. The molecular weight excluding hydrogens is 232 g/mol. The summed E-state index contributed by atoms with van der Waals surface area (Å²) in [6.45, 7) is 1.60. The predicted octanol–water partition coefficient (Wildman–Crippen LogP) is 2.05. The van der Waals surface area contributed by atoms with Gasteiger partial charge in [0.25, 0.3) is 6.43 Å². The average molecular weight is 245 g/mol. The molecule has 0 aliphatic heterocycles. The van der Waals surface area contributed by atoms with E-state index in [1.807, 2.05) is 0 Å². The van der Waals surface area contributed by atoms with Crippen LogP contribution in [0.25, 0.3) is 0 Å². The van der Waals surface area contributed by atoms with Gasteiger partial charge < -0.3 is 9.47 Å². The number of pyridine rings is 1. The zero-order valence-electron chi connectivity index (χ0n) is 9.79. The highest BCUT2D eigenvalue weighted by molar-refractivity contribution is 5.73. The van der Waals surface area contributed by atoms with Gasteiger partial charge in [0.1, 0.15) is 11.4 Å². The van der Waals surface area contributed by atoms with Gasteiger partial charge in [-0.3, -0.25) is 9.78 Å². The summed E-state index contributed by atoms with van der Waals surface area (Å²) in [5.41, 5.74) is 0.225. The van der Waals surface area contributed by atoms with Gasteiger partial charge in [-0.2, -0.15) is 0 Å². The summed E-state index contributed by atoms with van der Waals surface area (Å²) in [7, 11) is 2.61. The monoisotopic (exact) mass is 245 g/mol. The minimum Gasteiger partial charge on any atom is -0.495 e. The van der Waals surface area contributed by atoms with E-state index in [9.17, 15) is 13.6 Å². The van der Waals surface area contributed by atoms with Crippen molar-refractivity contribution in [1.82, 2.24) is 4.98 Å². The van der Waals surface area contributed by atoms with Gasteiger partial charge in [0, 0.05) is 0 Å². The van der Waals surface area contributed by atoms with Crippen molar-refractivity contribution in [2.24, 2.45) is 0 Å². The van der Waals surface area contributed by atoms with Crippen LogP contribution in [0.1, 0.15) is 23.2 Å². The number of ether oxygens (including phenoxy) is 2. The minimum absolute atomic E-state index is 0.159. The topological polar surface area (TPSA) is 48.4 Å². The highest BCUT2D eigenvalue weighted by Gasteiger charge is 2.21. The largest absolute Gasteiger partial charge is 0.495 e. The van der Waals surface area contributed by atoms with Crippen LogP contribution < -0.4 is 4.74 Å². The molecule has 0 amide bonds. The third kappa shape index (κ3) is 2.89. The van der Waals surface area contributed by atoms with Crippen LogP contribution in [0.5, 0.6) is 5.75 Å². The Morgan fingerprint density at radius 3 is 2.59 bits per heavy atom. The van der Waals surface area contributed by atoms with E-state index in [0.29, 0.717) is 11.3 Å². The number of rotatable bonds is 4. The molecule has 0 bridgehead atoms. The summed E-state index contributed by atoms with van der Waals surface area (Å²) in [6.07, 6.45) is -1.76. The molecule has 4 nitrogen and oxygen atoms in total. The van der Waals surface area contributed by atoms with Gasteiger partial charge >= 0.3 is 5.97 Å². The molecule has 94 valence electrons. The van der Waals surface area contributed by atoms with Gasteiger partial charge in [0.2, 0.25) is 0 Å². The second kappa shape index (κ2) is 5.56. The van der Waals surface area contributed by atoms with Crippen molar-refractivity contribution in [1.29, 1.82) is 0 Å². The van der Waals surface area contributed by atoms with Crippen molar-refractivity contribution >= 4 is 5.97 Å². The van der Waals surface area contributed by atoms with Gasteiger partial charge in [-0.25, -0.2) is 8.78 Å². The fourth-order valence-electron chi connectivity index (χ4n) is 1.48. The standard InChI is InChI=1S/C11H13F2NO3/c1-6-7(4-9(15)17-3)10(11(12)13)14-5-8(6)16-2/h5,11H,4H2,1-3H3. The molecule has 0 saturated carbocycles. The molecule has 0 unspecified atom stereocenters. The third-order valence-electron chi connectivity index (χ3n) is 2.43. The van der Waals surface area contributed by atoms with Crippen LogP contribution in [0.4, 0.5) is 8.78 Å². The van der Waals surface area contributed by atoms with Crippen molar-refractivity contribution in [3.8, 4) is 5.75 Å². The van der Waals surface area contributed by atoms with Crippen molar-refractivity contribution in [3.63, 3.8) is 0 Å². The highest BCUT2D eigenvalue weighted by Crippen LogP contribution is 2.29. The van der Waals surface area contributed by atoms with Gasteiger partial charge in [-0.05, 0) is 18.1 Å². The predicted molar refractivity (Wildman–Crippen MR) is 56.2 cm³/mol. The van der Waals surface area contributed by atoms with E-state index < -0.39 is 18.1 Å². The third-order valence-corrected chi connectivity index (χ3v) is 2.43. The van der Waals surface area contributed by atoms with Crippen molar-refractivity contribution in [3.05, 3.63) is 23.0 Å². The van der Waals surface area contributed by atoms with Crippen molar-refractivity contribution < 1.29 is 23.0 Å². The Hall–Kier alpha value is -1.72. The maximum Gasteiger partial charge on any atom is 0.310 e. The molecule has 0 spiro atoms. The molecule has 1 rings (SSSR count). The quantitative estimate of drug-likeness (QED) is 0.762. The van der Waals surface area contributed by atoms with Crippen LogP contribution >= 0.6 is 0 Å². The molecule has 0 aliphatic rings. The minimum atomic E-state index is -2.74. The van der Waals surface area contributed by atoms with Crippen molar-refractivity contribution in [2.45, 2.75) is 19.8 Å². The first kappa shape index (κ1) is 13.3. The van der Waals surface area contributed by atoms with E-state index in [2.05, 4.69) is 9.72 Å². The first-order chi connectivity index (χ1) is 8.01. The average Bonchev–Trinajstić information content (AvgIpc) is 2.30.